The van der Waals surface area contributed by atoms with Crippen LogP contribution in [0.5, 0.6) is 0 Å². The molecule has 1 heterocycles. The van der Waals surface area contributed by atoms with Gasteiger partial charge in [-0.15, -0.1) is 0 Å². The smallest absolute Gasteiger partial charge is 0.418 e. The van der Waals surface area contributed by atoms with Gasteiger partial charge in [0.2, 0.25) is 5.76 Å². The third-order valence-corrected chi connectivity index (χ3v) is 4.46. The Kier molecular flexibility index (Phi) is 5.69. The Hall–Kier alpha value is -3.89. The highest BCUT2D eigenvalue weighted by atomic mass is 19.4. The topological polar surface area (TPSA) is 112 Å². The van der Waals surface area contributed by atoms with Gasteiger partial charge < -0.3 is 14.5 Å². The fraction of sp³-hybridized carbons (Fsp3) is 0.200. The normalized spacial score (nSPS) is 12.4. The quantitative estimate of drug-likeness (QED) is 0.348. The maximum absolute atomic E-state index is 13.2. The number of ether oxygens (including phenoxy) is 1. The van der Waals surface area contributed by atoms with Crippen molar-refractivity contribution in [3.63, 3.8) is 0 Å². The molecule has 0 aliphatic heterocycles. The van der Waals surface area contributed by atoms with Crippen LogP contribution in [0.4, 0.5) is 24.5 Å². The minimum atomic E-state index is -4.96. The molecule has 1 atom stereocenters. The van der Waals surface area contributed by atoms with Crippen molar-refractivity contribution in [3.05, 3.63) is 69.5 Å². The molecule has 0 aliphatic carbocycles. The molecule has 0 fully saturated rings. The fourth-order valence-electron chi connectivity index (χ4n) is 2.86. The number of non-ortho nitro benzene ring substituents is 1. The maximum Gasteiger partial charge on any atom is 0.418 e. The second kappa shape index (κ2) is 8.09. The lowest BCUT2D eigenvalue weighted by Gasteiger charge is -2.16. The van der Waals surface area contributed by atoms with Gasteiger partial charge in [0.15, 0.2) is 6.10 Å². The fourth-order valence-corrected chi connectivity index (χ4v) is 2.86. The van der Waals surface area contributed by atoms with E-state index in [-0.39, 0.29) is 5.76 Å². The minimum Gasteiger partial charge on any atom is -0.449 e. The van der Waals surface area contributed by atoms with Crippen LogP contribution < -0.4 is 5.32 Å². The van der Waals surface area contributed by atoms with Crippen molar-refractivity contribution in [2.45, 2.75) is 26.1 Å². The number of nitro groups is 1. The van der Waals surface area contributed by atoms with E-state index in [0.717, 1.165) is 12.1 Å². The molecule has 8 nitrogen and oxygen atoms in total. The Morgan fingerprint density at radius 3 is 2.48 bits per heavy atom. The third-order valence-electron chi connectivity index (χ3n) is 4.46. The van der Waals surface area contributed by atoms with E-state index >= 15 is 0 Å². The summed E-state index contributed by atoms with van der Waals surface area (Å²) in [6, 6.07) is 8.72. The van der Waals surface area contributed by atoms with Crippen molar-refractivity contribution < 1.29 is 36.8 Å². The molecule has 0 spiro atoms. The van der Waals surface area contributed by atoms with Crippen LogP contribution in [-0.4, -0.2) is 22.9 Å². The lowest BCUT2D eigenvalue weighted by Crippen LogP contribution is -2.30. The molecule has 2 aromatic carbocycles. The number of alkyl halides is 3. The number of anilines is 1. The van der Waals surface area contributed by atoms with E-state index in [1.165, 1.54) is 6.92 Å². The number of aryl methyl sites for hydroxylation is 1. The zero-order valence-corrected chi connectivity index (χ0v) is 16.1. The van der Waals surface area contributed by atoms with Gasteiger partial charge in [-0.2, -0.15) is 13.2 Å². The summed E-state index contributed by atoms with van der Waals surface area (Å²) >= 11 is 0. The number of carbonyl (C=O) groups is 2. The number of nitro benzene ring substituents is 1. The first-order chi connectivity index (χ1) is 14.5. The number of amides is 1. The number of para-hydroxylation sites is 1. The molecule has 0 saturated carbocycles. The lowest BCUT2D eigenvalue weighted by molar-refractivity contribution is -0.385. The molecule has 1 amide bonds. The molecule has 0 radical (unpaired) electrons. The Labute approximate surface area is 172 Å². The number of rotatable bonds is 5. The second-order valence-electron chi connectivity index (χ2n) is 6.57. The molecule has 3 aromatic rings. The Morgan fingerprint density at radius 2 is 1.87 bits per heavy atom. The standard InChI is InChI=1S/C20H15F3N2O6/c1-10-13-5-3-4-6-16(13)31-17(10)19(27)30-11(2)18(26)24-15-8-7-12(25(28)29)9-14(15)20(21,22)23/h3-9,11H,1-2H3,(H,24,26). The van der Waals surface area contributed by atoms with Crippen LogP contribution in [0, 0.1) is 17.0 Å². The average Bonchev–Trinajstić information content (AvgIpc) is 3.04. The van der Waals surface area contributed by atoms with E-state index in [4.69, 9.17) is 9.15 Å². The van der Waals surface area contributed by atoms with Gasteiger partial charge in [-0.25, -0.2) is 4.79 Å². The molecular formula is C20H15F3N2O6. The Balaban J connectivity index is 1.78. The summed E-state index contributed by atoms with van der Waals surface area (Å²) in [4.78, 5) is 34.5. The van der Waals surface area contributed by atoms with Crippen LogP contribution in [0.1, 0.15) is 28.6 Å². The summed E-state index contributed by atoms with van der Waals surface area (Å²) < 4.78 is 50.2. The summed E-state index contributed by atoms with van der Waals surface area (Å²) in [6.07, 6.45) is -6.43. The van der Waals surface area contributed by atoms with Crippen molar-refractivity contribution >= 4 is 34.2 Å². The number of nitrogens with one attached hydrogen (secondary N) is 1. The second-order valence-corrected chi connectivity index (χ2v) is 6.57. The van der Waals surface area contributed by atoms with Crippen molar-refractivity contribution in [1.29, 1.82) is 0 Å². The number of benzene rings is 2. The first kappa shape index (κ1) is 21.8. The van der Waals surface area contributed by atoms with Crippen LogP contribution in [0.2, 0.25) is 0 Å². The molecule has 162 valence electrons. The zero-order valence-electron chi connectivity index (χ0n) is 16.1. The zero-order chi connectivity index (χ0) is 22.9. The van der Waals surface area contributed by atoms with Gasteiger partial charge in [0, 0.05) is 23.1 Å². The molecule has 0 bridgehead atoms. The predicted octanol–water partition coefficient (Wildman–Crippen LogP) is 4.85. The summed E-state index contributed by atoms with van der Waals surface area (Å²) in [5, 5.41) is 13.4. The Morgan fingerprint density at radius 1 is 1.19 bits per heavy atom. The molecular weight excluding hydrogens is 421 g/mol. The van der Waals surface area contributed by atoms with Gasteiger partial charge >= 0.3 is 12.1 Å². The van der Waals surface area contributed by atoms with Gasteiger partial charge in [0.1, 0.15) is 5.58 Å². The van der Waals surface area contributed by atoms with E-state index in [1.54, 1.807) is 31.2 Å². The maximum atomic E-state index is 13.2. The molecule has 31 heavy (non-hydrogen) atoms. The van der Waals surface area contributed by atoms with Gasteiger partial charge in [0.25, 0.3) is 11.6 Å². The lowest BCUT2D eigenvalue weighted by atomic mass is 10.1. The van der Waals surface area contributed by atoms with Crippen LogP contribution in [0.3, 0.4) is 0 Å². The van der Waals surface area contributed by atoms with Gasteiger partial charge in [-0.3, -0.25) is 14.9 Å². The molecule has 1 N–H and O–H groups in total. The summed E-state index contributed by atoms with van der Waals surface area (Å²) in [6.45, 7) is 2.80. The third kappa shape index (κ3) is 4.49. The number of nitrogens with zero attached hydrogens (tertiary/aromatic N) is 1. The van der Waals surface area contributed by atoms with Crippen LogP contribution in [-0.2, 0) is 15.7 Å². The highest BCUT2D eigenvalue weighted by Gasteiger charge is 2.36. The number of esters is 1. The molecule has 0 saturated heterocycles. The highest BCUT2D eigenvalue weighted by Crippen LogP contribution is 2.37. The minimum absolute atomic E-state index is 0.132. The first-order valence-electron chi connectivity index (χ1n) is 8.84. The van der Waals surface area contributed by atoms with Crippen molar-refractivity contribution in [1.82, 2.24) is 0 Å². The van der Waals surface area contributed by atoms with Crippen molar-refractivity contribution in [2.75, 3.05) is 5.32 Å². The van der Waals surface area contributed by atoms with E-state index in [2.05, 4.69) is 0 Å². The summed E-state index contributed by atoms with van der Waals surface area (Å²) in [7, 11) is 0. The van der Waals surface area contributed by atoms with Crippen LogP contribution in [0.15, 0.2) is 46.9 Å². The van der Waals surface area contributed by atoms with E-state index < -0.39 is 46.0 Å². The molecule has 11 heteroatoms. The van der Waals surface area contributed by atoms with Crippen molar-refractivity contribution in [2.24, 2.45) is 0 Å². The number of halogens is 3. The molecule has 1 unspecified atom stereocenters. The number of furan rings is 1. The average molecular weight is 436 g/mol. The summed E-state index contributed by atoms with van der Waals surface area (Å²) in [5.74, 6) is -2.15. The molecule has 0 aliphatic rings. The van der Waals surface area contributed by atoms with E-state index in [1.807, 2.05) is 5.32 Å². The van der Waals surface area contributed by atoms with E-state index in [9.17, 15) is 32.9 Å². The number of carbonyl (C=O) groups excluding carboxylic acids is 2. The van der Waals surface area contributed by atoms with E-state index in [0.29, 0.717) is 22.6 Å². The number of fused-ring (bicyclic) bond motifs is 1. The first-order valence-corrected chi connectivity index (χ1v) is 8.84. The highest BCUT2D eigenvalue weighted by molar-refractivity contribution is 5.99. The van der Waals surface area contributed by atoms with Crippen LogP contribution in [0.25, 0.3) is 11.0 Å². The SMILES string of the molecule is Cc1c(C(=O)OC(C)C(=O)Nc2ccc([N+](=O)[O-])cc2C(F)(F)F)oc2ccccc12. The van der Waals surface area contributed by atoms with Gasteiger partial charge in [0.05, 0.1) is 16.2 Å². The van der Waals surface area contributed by atoms with Crippen molar-refractivity contribution in [3.8, 4) is 0 Å². The van der Waals surface area contributed by atoms with Gasteiger partial charge in [-0.05, 0) is 26.0 Å². The Bertz CT molecular complexity index is 1190. The molecule has 3 rings (SSSR count). The monoisotopic (exact) mass is 436 g/mol. The summed E-state index contributed by atoms with van der Waals surface area (Å²) in [5.41, 5.74) is -1.97. The largest absolute Gasteiger partial charge is 0.449 e. The predicted molar refractivity (Wildman–Crippen MR) is 103 cm³/mol. The molecule has 1 aromatic heterocycles. The van der Waals surface area contributed by atoms with Gasteiger partial charge in [-0.1, -0.05) is 18.2 Å². The number of hydrogen-bond acceptors (Lipinski definition) is 6. The van der Waals surface area contributed by atoms with Crippen LogP contribution >= 0.6 is 0 Å². The number of hydrogen-bond donors (Lipinski definition) is 1.